The van der Waals surface area contributed by atoms with Gasteiger partial charge in [0.05, 0.1) is 13.1 Å². The fourth-order valence-electron chi connectivity index (χ4n) is 2.00. The quantitative estimate of drug-likeness (QED) is 0.850. The minimum absolute atomic E-state index is 0.0821. The number of halogens is 1. The summed E-state index contributed by atoms with van der Waals surface area (Å²) in [6.45, 7) is 0.975. The highest BCUT2D eigenvalue weighted by molar-refractivity contribution is 9.10. The Morgan fingerprint density at radius 2 is 2.29 bits per heavy atom. The Bertz CT molecular complexity index is 716. The SMILES string of the molecule is N#Cc1cc(OC2CN(C(=O)c3ccc(Br)o3)C2)ccn1. The Kier molecular flexibility index (Phi) is 3.62. The standard InChI is InChI=1S/C14H10BrN3O3/c15-13-2-1-12(21-13)14(19)18-7-11(8-18)20-10-3-4-17-9(5-10)6-16/h1-5,11H,7-8H2. The van der Waals surface area contributed by atoms with Crippen LogP contribution in [0.5, 0.6) is 5.75 Å². The summed E-state index contributed by atoms with van der Waals surface area (Å²) in [5, 5.41) is 8.78. The molecule has 2 aromatic rings. The van der Waals surface area contributed by atoms with Crippen molar-refractivity contribution in [3.63, 3.8) is 0 Å². The number of aromatic nitrogens is 1. The van der Waals surface area contributed by atoms with Gasteiger partial charge in [0, 0.05) is 12.3 Å². The van der Waals surface area contributed by atoms with Gasteiger partial charge in [-0.05, 0) is 34.1 Å². The maximum atomic E-state index is 12.0. The van der Waals surface area contributed by atoms with Crippen LogP contribution >= 0.6 is 15.9 Å². The van der Waals surface area contributed by atoms with E-state index in [1.807, 2.05) is 6.07 Å². The Morgan fingerprint density at radius 3 is 2.95 bits per heavy atom. The molecule has 2 aromatic heterocycles. The molecule has 1 fully saturated rings. The van der Waals surface area contributed by atoms with E-state index >= 15 is 0 Å². The zero-order chi connectivity index (χ0) is 14.8. The number of ether oxygens (including phenoxy) is 1. The van der Waals surface area contributed by atoms with Gasteiger partial charge in [0.25, 0.3) is 5.91 Å². The van der Waals surface area contributed by atoms with Crippen LogP contribution < -0.4 is 4.74 Å². The third kappa shape index (κ3) is 2.90. The number of nitrogens with zero attached hydrogens (tertiary/aromatic N) is 3. The highest BCUT2D eigenvalue weighted by Gasteiger charge is 2.34. The molecule has 0 aliphatic carbocycles. The van der Waals surface area contributed by atoms with E-state index in [0.717, 1.165) is 0 Å². The van der Waals surface area contributed by atoms with Crippen molar-refractivity contribution >= 4 is 21.8 Å². The smallest absolute Gasteiger partial charge is 0.289 e. The minimum Gasteiger partial charge on any atom is -0.487 e. The lowest BCUT2D eigenvalue weighted by Crippen LogP contribution is -2.56. The van der Waals surface area contributed by atoms with Crippen LogP contribution in [-0.2, 0) is 0 Å². The van der Waals surface area contributed by atoms with Crippen molar-refractivity contribution in [1.82, 2.24) is 9.88 Å². The first kappa shape index (κ1) is 13.6. The van der Waals surface area contributed by atoms with Crippen molar-refractivity contribution in [2.24, 2.45) is 0 Å². The third-order valence-electron chi connectivity index (χ3n) is 3.07. The number of likely N-dealkylation sites (tertiary alicyclic amines) is 1. The van der Waals surface area contributed by atoms with Gasteiger partial charge in [0.2, 0.25) is 0 Å². The molecular formula is C14H10BrN3O3. The Labute approximate surface area is 129 Å². The second-order valence-corrected chi connectivity index (χ2v) is 5.32. The number of rotatable bonds is 3. The maximum Gasteiger partial charge on any atom is 0.289 e. The van der Waals surface area contributed by atoms with Crippen LogP contribution in [0.15, 0.2) is 39.5 Å². The van der Waals surface area contributed by atoms with E-state index in [2.05, 4.69) is 20.9 Å². The van der Waals surface area contributed by atoms with Gasteiger partial charge < -0.3 is 14.1 Å². The van der Waals surface area contributed by atoms with Crippen molar-refractivity contribution in [3.05, 3.63) is 46.6 Å². The van der Waals surface area contributed by atoms with E-state index < -0.39 is 0 Å². The molecule has 1 amide bonds. The molecule has 0 saturated carbocycles. The Hall–Kier alpha value is -2.33. The second-order valence-electron chi connectivity index (χ2n) is 4.54. The van der Waals surface area contributed by atoms with Crippen LogP contribution in [0.25, 0.3) is 0 Å². The molecule has 0 unspecified atom stereocenters. The summed E-state index contributed by atoms with van der Waals surface area (Å²) in [5.74, 6) is 0.725. The van der Waals surface area contributed by atoms with Crippen molar-refractivity contribution in [2.45, 2.75) is 6.10 Å². The molecule has 1 aliphatic rings. The van der Waals surface area contributed by atoms with Crippen LogP contribution in [0.3, 0.4) is 0 Å². The fraction of sp³-hybridized carbons (Fsp3) is 0.214. The lowest BCUT2D eigenvalue weighted by molar-refractivity contribution is 0.0154. The van der Waals surface area contributed by atoms with Crippen LogP contribution in [0.2, 0.25) is 0 Å². The number of hydrogen-bond donors (Lipinski definition) is 0. The third-order valence-corrected chi connectivity index (χ3v) is 3.49. The van der Waals surface area contributed by atoms with Gasteiger partial charge in [0.15, 0.2) is 10.4 Å². The predicted octanol–water partition coefficient (Wildman–Crippen LogP) is 2.21. The topological polar surface area (TPSA) is 79.4 Å². The number of carbonyl (C=O) groups is 1. The second kappa shape index (κ2) is 5.58. The van der Waals surface area contributed by atoms with E-state index in [1.54, 1.807) is 29.2 Å². The molecule has 106 valence electrons. The number of nitriles is 1. The summed E-state index contributed by atoms with van der Waals surface area (Å²) in [6, 6.07) is 8.53. The van der Waals surface area contributed by atoms with Crippen molar-refractivity contribution < 1.29 is 13.9 Å². The molecule has 0 bridgehead atoms. The highest BCUT2D eigenvalue weighted by atomic mass is 79.9. The summed E-state index contributed by atoms with van der Waals surface area (Å²) in [7, 11) is 0. The van der Waals surface area contributed by atoms with Gasteiger partial charge in [-0.1, -0.05) is 0 Å². The average molecular weight is 348 g/mol. The van der Waals surface area contributed by atoms with E-state index in [4.69, 9.17) is 14.4 Å². The number of amides is 1. The summed E-state index contributed by atoms with van der Waals surface area (Å²) in [4.78, 5) is 17.6. The zero-order valence-corrected chi connectivity index (χ0v) is 12.4. The molecule has 0 radical (unpaired) electrons. The predicted molar refractivity (Wildman–Crippen MR) is 75.7 cm³/mol. The number of carbonyl (C=O) groups excluding carboxylic acids is 1. The normalized spacial score (nSPS) is 14.4. The largest absolute Gasteiger partial charge is 0.487 e. The Morgan fingerprint density at radius 1 is 1.48 bits per heavy atom. The molecule has 1 saturated heterocycles. The van der Waals surface area contributed by atoms with E-state index in [0.29, 0.717) is 35.0 Å². The van der Waals surface area contributed by atoms with Gasteiger partial charge in [0.1, 0.15) is 23.6 Å². The van der Waals surface area contributed by atoms with E-state index in [-0.39, 0.29) is 12.0 Å². The van der Waals surface area contributed by atoms with Crippen molar-refractivity contribution in [3.8, 4) is 11.8 Å². The van der Waals surface area contributed by atoms with E-state index in [1.165, 1.54) is 6.20 Å². The molecule has 1 aliphatic heterocycles. The number of hydrogen-bond acceptors (Lipinski definition) is 5. The van der Waals surface area contributed by atoms with Crippen LogP contribution in [0.4, 0.5) is 0 Å². The molecule has 0 atom stereocenters. The van der Waals surface area contributed by atoms with Crippen molar-refractivity contribution in [2.75, 3.05) is 13.1 Å². The molecule has 3 rings (SSSR count). The van der Waals surface area contributed by atoms with Crippen LogP contribution in [0.1, 0.15) is 16.2 Å². The number of furan rings is 1. The van der Waals surface area contributed by atoms with Crippen LogP contribution in [-0.4, -0.2) is 35.0 Å². The zero-order valence-electron chi connectivity index (χ0n) is 10.8. The molecule has 0 aromatic carbocycles. The first-order valence-electron chi connectivity index (χ1n) is 6.23. The van der Waals surface area contributed by atoms with E-state index in [9.17, 15) is 4.79 Å². The van der Waals surface area contributed by atoms with Gasteiger partial charge in [-0.3, -0.25) is 4.79 Å². The first-order chi connectivity index (χ1) is 10.2. The Balaban J connectivity index is 1.56. The first-order valence-corrected chi connectivity index (χ1v) is 7.02. The molecule has 21 heavy (non-hydrogen) atoms. The lowest BCUT2D eigenvalue weighted by Gasteiger charge is -2.38. The van der Waals surface area contributed by atoms with Gasteiger partial charge >= 0.3 is 0 Å². The minimum atomic E-state index is -0.159. The van der Waals surface area contributed by atoms with Gasteiger partial charge in [-0.2, -0.15) is 5.26 Å². The van der Waals surface area contributed by atoms with Gasteiger partial charge in [-0.15, -0.1) is 0 Å². The molecule has 7 heteroatoms. The summed E-state index contributed by atoms with van der Waals surface area (Å²) in [5.41, 5.74) is 0.306. The molecule has 0 N–H and O–H groups in total. The van der Waals surface area contributed by atoms with Crippen LogP contribution in [0, 0.1) is 11.3 Å². The molecule has 3 heterocycles. The fourth-order valence-corrected chi connectivity index (χ4v) is 2.31. The number of pyridine rings is 1. The van der Waals surface area contributed by atoms with Crippen molar-refractivity contribution in [1.29, 1.82) is 5.26 Å². The summed E-state index contributed by atoms with van der Waals surface area (Å²) in [6.07, 6.45) is 1.44. The lowest BCUT2D eigenvalue weighted by atomic mass is 10.1. The highest BCUT2D eigenvalue weighted by Crippen LogP contribution is 2.22. The summed E-state index contributed by atoms with van der Waals surface area (Å²) >= 11 is 3.16. The maximum absolute atomic E-state index is 12.0. The molecule has 6 nitrogen and oxygen atoms in total. The summed E-state index contributed by atoms with van der Waals surface area (Å²) < 4.78 is 11.4. The molecular weight excluding hydrogens is 338 g/mol. The monoisotopic (exact) mass is 347 g/mol. The molecule has 0 spiro atoms. The van der Waals surface area contributed by atoms with Gasteiger partial charge in [-0.25, -0.2) is 4.98 Å². The average Bonchev–Trinajstić information content (AvgIpc) is 2.88.